The van der Waals surface area contributed by atoms with Gasteiger partial charge in [-0.05, 0) is 19.4 Å². The molecule has 1 saturated heterocycles. The van der Waals surface area contributed by atoms with Gasteiger partial charge in [0.25, 0.3) is 5.91 Å². The van der Waals surface area contributed by atoms with Crippen molar-refractivity contribution in [2.75, 3.05) is 6.54 Å². The molecule has 0 unspecified atom stereocenters. The fourth-order valence-electron chi connectivity index (χ4n) is 1.87. The van der Waals surface area contributed by atoms with Gasteiger partial charge in [0.05, 0.1) is 24.1 Å². The Kier molecular flexibility index (Phi) is 2.64. The zero-order chi connectivity index (χ0) is 10.8. The third-order valence-electron chi connectivity index (χ3n) is 2.64. The molecule has 5 nitrogen and oxygen atoms in total. The fraction of sp³-hybridized carbons (Fsp3) is 0.500. The molecule has 0 bridgehead atoms. The van der Waals surface area contributed by atoms with Crippen LogP contribution in [0.2, 0.25) is 0 Å². The molecule has 0 radical (unpaired) electrons. The van der Waals surface area contributed by atoms with Crippen molar-refractivity contribution in [3.8, 4) is 0 Å². The van der Waals surface area contributed by atoms with Gasteiger partial charge in [-0.15, -0.1) is 0 Å². The number of β-amino-alcohol motifs (C(OH)–C–C–N with tert-alkyl or cyclic N) is 1. The van der Waals surface area contributed by atoms with Crippen LogP contribution in [0.1, 0.15) is 23.7 Å². The maximum atomic E-state index is 11.9. The number of aliphatic hydroxyl groups excluding tert-OH is 1. The van der Waals surface area contributed by atoms with E-state index in [0.29, 0.717) is 18.5 Å². The lowest BCUT2D eigenvalue weighted by atomic mass is 10.2. The second kappa shape index (κ2) is 3.94. The first kappa shape index (κ1) is 10.0. The minimum Gasteiger partial charge on any atom is -0.391 e. The molecule has 0 aliphatic carbocycles. The number of carbonyl (C=O) groups excluding carboxylic acids is 1. The standard InChI is InChI=1S/C10H13N3O2/c1-7-4-9(14)6-13(7)10(15)8-2-3-11-12-5-8/h2-3,5,7,9,14H,4,6H2,1H3/t7-,9-/m1/s1. The normalized spacial score (nSPS) is 25.6. The molecule has 0 aromatic carbocycles. The van der Waals surface area contributed by atoms with Gasteiger partial charge in [0.2, 0.25) is 0 Å². The van der Waals surface area contributed by atoms with Crippen LogP contribution >= 0.6 is 0 Å². The van der Waals surface area contributed by atoms with Crippen molar-refractivity contribution >= 4 is 5.91 Å². The summed E-state index contributed by atoms with van der Waals surface area (Å²) in [4.78, 5) is 13.6. The lowest BCUT2D eigenvalue weighted by molar-refractivity contribution is 0.0725. The van der Waals surface area contributed by atoms with E-state index in [-0.39, 0.29) is 11.9 Å². The first-order valence-electron chi connectivity index (χ1n) is 4.94. The van der Waals surface area contributed by atoms with Crippen molar-refractivity contribution in [2.24, 2.45) is 0 Å². The average Bonchev–Trinajstić information content (AvgIpc) is 2.58. The largest absolute Gasteiger partial charge is 0.391 e. The minimum absolute atomic E-state index is 0.0839. The second-order valence-corrected chi connectivity index (χ2v) is 3.83. The molecule has 5 heteroatoms. The zero-order valence-electron chi connectivity index (χ0n) is 8.50. The van der Waals surface area contributed by atoms with Crippen LogP contribution in [0.4, 0.5) is 0 Å². The Bertz CT molecular complexity index is 355. The number of aromatic nitrogens is 2. The quantitative estimate of drug-likeness (QED) is 0.707. The average molecular weight is 207 g/mol. The van der Waals surface area contributed by atoms with E-state index in [1.807, 2.05) is 6.92 Å². The number of carbonyl (C=O) groups is 1. The van der Waals surface area contributed by atoms with E-state index in [1.165, 1.54) is 12.4 Å². The summed E-state index contributed by atoms with van der Waals surface area (Å²) in [7, 11) is 0. The number of aliphatic hydroxyl groups is 1. The highest BCUT2D eigenvalue weighted by Crippen LogP contribution is 2.19. The molecule has 1 aliphatic rings. The molecule has 0 saturated carbocycles. The van der Waals surface area contributed by atoms with Crippen molar-refractivity contribution in [3.63, 3.8) is 0 Å². The van der Waals surface area contributed by atoms with Gasteiger partial charge >= 0.3 is 0 Å². The van der Waals surface area contributed by atoms with Gasteiger partial charge in [-0.1, -0.05) is 0 Å². The van der Waals surface area contributed by atoms with Gasteiger partial charge in [0.15, 0.2) is 0 Å². The number of amides is 1. The van der Waals surface area contributed by atoms with E-state index in [9.17, 15) is 9.90 Å². The Hall–Kier alpha value is -1.49. The van der Waals surface area contributed by atoms with E-state index in [4.69, 9.17) is 0 Å². The van der Waals surface area contributed by atoms with Crippen molar-refractivity contribution in [1.29, 1.82) is 0 Å². The lowest BCUT2D eigenvalue weighted by Gasteiger charge is -2.20. The molecule has 1 fully saturated rings. The fourth-order valence-corrected chi connectivity index (χ4v) is 1.87. The van der Waals surface area contributed by atoms with Crippen LogP contribution < -0.4 is 0 Å². The van der Waals surface area contributed by atoms with Gasteiger partial charge < -0.3 is 10.0 Å². The van der Waals surface area contributed by atoms with Gasteiger partial charge in [-0.2, -0.15) is 10.2 Å². The molecule has 1 N–H and O–H groups in total. The van der Waals surface area contributed by atoms with E-state index >= 15 is 0 Å². The molecule has 0 spiro atoms. The SMILES string of the molecule is C[C@@H]1C[C@@H](O)CN1C(=O)c1ccnnc1. The maximum absolute atomic E-state index is 11.9. The summed E-state index contributed by atoms with van der Waals surface area (Å²) in [6.45, 7) is 2.34. The smallest absolute Gasteiger partial charge is 0.255 e. The molecule has 1 amide bonds. The monoisotopic (exact) mass is 207 g/mol. The van der Waals surface area contributed by atoms with Crippen molar-refractivity contribution in [2.45, 2.75) is 25.5 Å². The molecule has 15 heavy (non-hydrogen) atoms. The van der Waals surface area contributed by atoms with Gasteiger partial charge in [-0.25, -0.2) is 0 Å². The number of likely N-dealkylation sites (tertiary alicyclic amines) is 1. The van der Waals surface area contributed by atoms with E-state index in [2.05, 4.69) is 10.2 Å². The number of hydrogen-bond donors (Lipinski definition) is 1. The van der Waals surface area contributed by atoms with Crippen molar-refractivity contribution < 1.29 is 9.90 Å². The second-order valence-electron chi connectivity index (χ2n) is 3.83. The molecule has 2 heterocycles. The Morgan fingerprint density at radius 1 is 1.60 bits per heavy atom. The van der Waals surface area contributed by atoms with Gasteiger partial charge in [0.1, 0.15) is 0 Å². The molecule has 1 aliphatic heterocycles. The van der Waals surface area contributed by atoms with E-state index in [0.717, 1.165) is 0 Å². The van der Waals surface area contributed by atoms with E-state index in [1.54, 1.807) is 11.0 Å². The molecule has 1 aromatic heterocycles. The molecular formula is C10H13N3O2. The highest BCUT2D eigenvalue weighted by atomic mass is 16.3. The summed E-state index contributed by atoms with van der Waals surface area (Å²) in [5, 5.41) is 16.7. The van der Waals surface area contributed by atoms with Crippen molar-refractivity contribution in [3.05, 3.63) is 24.0 Å². The Balaban J connectivity index is 2.15. The van der Waals surface area contributed by atoms with Crippen LogP contribution in [-0.4, -0.2) is 44.8 Å². The predicted molar refractivity (Wildman–Crippen MR) is 53.2 cm³/mol. The highest BCUT2D eigenvalue weighted by Gasteiger charge is 2.31. The molecule has 2 rings (SSSR count). The van der Waals surface area contributed by atoms with Crippen LogP contribution in [0.25, 0.3) is 0 Å². The first-order chi connectivity index (χ1) is 7.18. The molecular weight excluding hydrogens is 194 g/mol. The summed E-state index contributed by atoms with van der Waals surface area (Å²) in [5.41, 5.74) is 0.519. The van der Waals surface area contributed by atoms with Crippen LogP contribution in [-0.2, 0) is 0 Å². The number of nitrogens with zero attached hydrogens (tertiary/aromatic N) is 3. The summed E-state index contributed by atoms with van der Waals surface area (Å²) >= 11 is 0. The van der Waals surface area contributed by atoms with Crippen molar-refractivity contribution in [1.82, 2.24) is 15.1 Å². The Morgan fingerprint density at radius 3 is 2.93 bits per heavy atom. The topological polar surface area (TPSA) is 66.3 Å². The molecule has 2 atom stereocenters. The zero-order valence-corrected chi connectivity index (χ0v) is 8.50. The third kappa shape index (κ3) is 1.97. The summed E-state index contributed by atoms with van der Waals surface area (Å²) < 4.78 is 0. The van der Waals surface area contributed by atoms with Crippen LogP contribution in [0, 0.1) is 0 Å². The van der Waals surface area contributed by atoms with Crippen LogP contribution in [0.3, 0.4) is 0 Å². The van der Waals surface area contributed by atoms with Gasteiger partial charge in [0, 0.05) is 12.6 Å². The minimum atomic E-state index is -0.404. The van der Waals surface area contributed by atoms with E-state index < -0.39 is 6.10 Å². The Labute approximate surface area is 87.7 Å². The molecule has 1 aromatic rings. The molecule has 80 valence electrons. The number of hydrogen-bond acceptors (Lipinski definition) is 4. The number of rotatable bonds is 1. The summed E-state index contributed by atoms with van der Waals surface area (Å²) in [5.74, 6) is -0.0889. The Morgan fingerprint density at radius 2 is 2.40 bits per heavy atom. The highest BCUT2D eigenvalue weighted by molar-refractivity contribution is 5.94. The third-order valence-corrected chi connectivity index (χ3v) is 2.64. The first-order valence-corrected chi connectivity index (χ1v) is 4.94. The summed E-state index contributed by atoms with van der Waals surface area (Å²) in [6.07, 6.45) is 3.17. The van der Waals surface area contributed by atoms with Gasteiger partial charge in [-0.3, -0.25) is 4.79 Å². The lowest BCUT2D eigenvalue weighted by Crippen LogP contribution is -2.34. The predicted octanol–water partition coefficient (Wildman–Crippen LogP) is 0.0719. The van der Waals surface area contributed by atoms with Crippen LogP contribution in [0.5, 0.6) is 0 Å². The van der Waals surface area contributed by atoms with Crippen LogP contribution in [0.15, 0.2) is 18.5 Å². The maximum Gasteiger partial charge on any atom is 0.255 e. The summed E-state index contributed by atoms with van der Waals surface area (Å²) in [6, 6.07) is 1.72.